The molecule has 7 nitrogen and oxygen atoms in total. The van der Waals surface area contributed by atoms with Crippen molar-refractivity contribution in [3.05, 3.63) is 17.0 Å². The van der Waals surface area contributed by atoms with Crippen molar-refractivity contribution >= 4 is 5.91 Å². The first-order valence-corrected chi connectivity index (χ1v) is 9.42. The van der Waals surface area contributed by atoms with Crippen LogP contribution >= 0.6 is 0 Å². The highest BCUT2D eigenvalue weighted by Gasteiger charge is 2.30. The molecule has 0 saturated carbocycles. The number of piperidine rings is 1. The van der Waals surface area contributed by atoms with Crippen molar-refractivity contribution in [1.29, 1.82) is 0 Å². The molecule has 0 aliphatic carbocycles. The van der Waals surface area contributed by atoms with Crippen LogP contribution in [-0.4, -0.2) is 84.1 Å². The molecule has 0 unspecified atom stereocenters. The number of aromatic nitrogens is 2. The summed E-state index contributed by atoms with van der Waals surface area (Å²) in [7, 11) is 3.78. The number of aryl methyl sites for hydroxylation is 1. The monoisotopic (exact) mass is 366 g/mol. The standard InChI is InChI=1S/C19H34N4O3/c1-14-15(2)20-23(16(14)3)12-19(25)22-10-17(8-18(11-22)13-24)9-21(4)6-7-26-5/h17-18,24H,6-13H2,1-5H3/t17-,18+/m1/s1. The molecule has 1 aliphatic heterocycles. The van der Waals surface area contributed by atoms with Crippen LogP contribution in [0.5, 0.6) is 0 Å². The number of hydrogen-bond acceptors (Lipinski definition) is 5. The Kier molecular flexibility index (Phi) is 7.61. The van der Waals surface area contributed by atoms with E-state index in [1.54, 1.807) is 11.8 Å². The predicted molar refractivity (Wildman–Crippen MR) is 101 cm³/mol. The molecule has 0 spiro atoms. The van der Waals surface area contributed by atoms with Gasteiger partial charge in [-0.15, -0.1) is 0 Å². The van der Waals surface area contributed by atoms with Gasteiger partial charge in [-0.1, -0.05) is 0 Å². The summed E-state index contributed by atoms with van der Waals surface area (Å²) in [4.78, 5) is 17.0. The Morgan fingerprint density at radius 2 is 2.00 bits per heavy atom. The van der Waals surface area contributed by atoms with Crippen LogP contribution in [0.4, 0.5) is 0 Å². The fraction of sp³-hybridized carbons (Fsp3) is 0.789. The number of hydrogen-bond donors (Lipinski definition) is 1. The number of amides is 1. The first-order chi connectivity index (χ1) is 12.3. The van der Waals surface area contributed by atoms with E-state index in [0.717, 1.165) is 43.0 Å². The van der Waals surface area contributed by atoms with Crippen molar-refractivity contribution in [2.45, 2.75) is 33.7 Å². The Labute approximate surface area is 156 Å². The van der Waals surface area contributed by atoms with Gasteiger partial charge in [0.15, 0.2) is 0 Å². The third kappa shape index (κ3) is 5.28. The Hall–Kier alpha value is -1.44. The Bertz CT molecular complexity index is 602. The number of nitrogens with zero attached hydrogens (tertiary/aromatic N) is 4. The molecule has 1 aromatic heterocycles. The lowest BCUT2D eigenvalue weighted by Gasteiger charge is -2.38. The Balaban J connectivity index is 1.99. The summed E-state index contributed by atoms with van der Waals surface area (Å²) in [5.74, 6) is 0.600. The molecule has 2 rings (SSSR count). The van der Waals surface area contributed by atoms with E-state index < -0.39 is 0 Å². The van der Waals surface area contributed by atoms with Crippen molar-refractivity contribution in [3.63, 3.8) is 0 Å². The lowest BCUT2D eigenvalue weighted by molar-refractivity contribution is -0.135. The van der Waals surface area contributed by atoms with Crippen LogP contribution in [0.3, 0.4) is 0 Å². The summed E-state index contributed by atoms with van der Waals surface area (Å²) < 4.78 is 6.94. The topological polar surface area (TPSA) is 70.8 Å². The summed E-state index contributed by atoms with van der Waals surface area (Å²) in [6.45, 7) is 10.3. The van der Waals surface area contributed by atoms with Gasteiger partial charge in [0.05, 0.1) is 12.3 Å². The van der Waals surface area contributed by atoms with Crippen LogP contribution in [0.2, 0.25) is 0 Å². The minimum Gasteiger partial charge on any atom is -0.396 e. The van der Waals surface area contributed by atoms with Crippen molar-refractivity contribution in [2.24, 2.45) is 11.8 Å². The second kappa shape index (κ2) is 9.48. The number of aliphatic hydroxyl groups is 1. The van der Waals surface area contributed by atoms with Crippen LogP contribution in [0, 0.1) is 32.6 Å². The van der Waals surface area contributed by atoms with E-state index in [-0.39, 0.29) is 25.0 Å². The predicted octanol–water partition coefficient (Wildman–Crippen LogP) is 0.844. The summed E-state index contributed by atoms with van der Waals surface area (Å²) in [6.07, 6.45) is 0.955. The number of methoxy groups -OCH3 is 1. The smallest absolute Gasteiger partial charge is 0.244 e. The molecular formula is C19H34N4O3. The number of likely N-dealkylation sites (tertiary alicyclic amines) is 1. The molecule has 2 heterocycles. The minimum atomic E-state index is 0.0818. The van der Waals surface area contributed by atoms with Gasteiger partial charge >= 0.3 is 0 Å². The number of aliphatic hydroxyl groups excluding tert-OH is 1. The Morgan fingerprint density at radius 3 is 2.58 bits per heavy atom. The maximum absolute atomic E-state index is 12.9. The third-order valence-corrected chi connectivity index (χ3v) is 5.51. The SMILES string of the molecule is COCCN(C)C[C@H]1C[C@H](CO)CN(C(=O)Cn2nc(C)c(C)c2C)C1. The molecule has 1 fully saturated rings. The first kappa shape index (κ1) is 20.9. The van der Waals surface area contributed by atoms with Gasteiger partial charge in [0, 0.05) is 45.6 Å². The van der Waals surface area contributed by atoms with Crippen LogP contribution in [-0.2, 0) is 16.1 Å². The molecule has 2 atom stereocenters. The average Bonchev–Trinajstić information content (AvgIpc) is 2.86. The van der Waals surface area contributed by atoms with Gasteiger partial charge < -0.3 is 19.6 Å². The van der Waals surface area contributed by atoms with Gasteiger partial charge in [-0.25, -0.2) is 0 Å². The highest BCUT2D eigenvalue weighted by molar-refractivity contribution is 5.76. The molecule has 7 heteroatoms. The average molecular weight is 367 g/mol. The maximum atomic E-state index is 12.9. The van der Waals surface area contributed by atoms with Gasteiger partial charge in [0.25, 0.3) is 0 Å². The zero-order chi connectivity index (χ0) is 19.3. The molecule has 1 saturated heterocycles. The van der Waals surface area contributed by atoms with Crippen LogP contribution < -0.4 is 0 Å². The minimum absolute atomic E-state index is 0.0818. The lowest BCUT2D eigenvalue weighted by atomic mass is 9.89. The first-order valence-electron chi connectivity index (χ1n) is 9.42. The van der Waals surface area contributed by atoms with Crippen LogP contribution in [0.25, 0.3) is 0 Å². The second-order valence-electron chi connectivity index (χ2n) is 7.66. The number of likely N-dealkylation sites (N-methyl/N-ethyl adjacent to an activating group) is 1. The lowest BCUT2D eigenvalue weighted by Crippen LogP contribution is -2.48. The fourth-order valence-electron chi connectivity index (χ4n) is 3.73. The third-order valence-electron chi connectivity index (χ3n) is 5.51. The summed E-state index contributed by atoms with van der Waals surface area (Å²) >= 11 is 0. The van der Waals surface area contributed by atoms with E-state index in [1.807, 2.05) is 25.7 Å². The molecule has 1 aromatic rings. The van der Waals surface area contributed by atoms with E-state index in [1.165, 1.54) is 0 Å². The highest BCUT2D eigenvalue weighted by Crippen LogP contribution is 2.23. The van der Waals surface area contributed by atoms with Gasteiger partial charge in [-0.2, -0.15) is 5.10 Å². The normalized spacial score (nSPS) is 20.8. The summed E-state index contributed by atoms with van der Waals surface area (Å²) in [6, 6.07) is 0. The molecular weight excluding hydrogens is 332 g/mol. The highest BCUT2D eigenvalue weighted by atomic mass is 16.5. The molecule has 0 bridgehead atoms. The number of carbonyl (C=O) groups is 1. The maximum Gasteiger partial charge on any atom is 0.244 e. The van der Waals surface area contributed by atoms with E-state index in [4.69, 9.17) is 4.74 Å². The quantitative estimate of drug-likeness (QED) is 0.738. The number of carbonyl (C=O) groups excluding carboxylic acids is 1. The largest absolute Gasteiger partial charge is 0.396 e. The molecule has 1 amide bonds. The summed E-state index contributed by atoms with van der Waals surface area (Å²) in [5, 5.41) is 14.2. The number of rotatable bonds is 8. The molecule has 0 radical (unpaired) electrons. The van der Waals surface area contributed by atoms with Crippen molar-refractivity contribution in [2.75, 3.05) is 53.6 Å². The van der Waals surface area contributed by atoms with Crippen molar-refractivity contribution < 1.29 is 14.6 Å². The molecule has 1 aliphatic rings. The fourth-order valence-corrected chi connectivity index (χ4v) is 3.73. The van der Waals surface area contributed by atoms with Crippen LogP contribution in [0.15, 0.2) is 0 Å². The molecule has 26 heavy (non-hydrogen) atoms. The zero-order valence-electron chi connectivity index (χ0n) is 16.9. The van der Waals surface area contributed by atoms with Gasteiger partial charge in [-0.3, -0.25) is 9.48 Å². The van der Waals surface area contributed by atoms with Crippen molar-refractivity contribution in [1.82, 2.24) is 19.6 Å². The number of ether oxygens (including phenoxy) is 1. The van der Waals surface area contributed by atoms with Crippen LogP contribution in [0.1, 0.15) is 23.4 Å². The second-order valence-corrected chi connectivity index (χ2v) is 7.66. The van der Waals surface area contributed by atoms with E-state index in [2.05, 4.69) is 17.0 Å². The molecule has 1 N–H and O–H groups in total. The zero-order valence-corrected chi connectivity index (χ0v) is 16.9. The van der Waals surface area contributed by atoms with E-state index in [0.29, 0.717) is 19.1 Å². The van der Waals surface area contributed by atoms with E-state index in [9.17, 15) is 9.90 Å². The van der Waals surface area contributed by atoms with Gasteiger partial charge in [-0.05, 0) is 51.6 Å². The van der Waals surface area contributed by atoms with E-state index >= 15 is 0 Å². The molecule has 0 aromatic carbocycles. The van der Waals surface area contributed by atoms with Crippen molar-refractivity contribution in [3.8, 4) is 0 Å². The summed E-state index contributed by atoms with van der Waals surface area (Å²) in [5.41, 5.74) is 3.16. The Morgan fingerprint density at radius 1 is 1.31 bits per heavy atom. The van der Waals surface area contributed by atoms with Gasteiger partial charge in [0.2, 0.25) is 5.91 Å². The van der Waals surface area contributed by atoms with Gasteiger partial charge in [0.1, 0.15) is 6.54 Å². The molecule has 148 valence electrons.